The Morgan fingerprint density at radius 3 is 1.44 bits per heavy atom. The number of nitrogens with one attached hydrogen (secondary N) is 2. The standard InChI is InChI=1S/C24H19N3O3.C23H17N3O3/c1-16(24(28)29)18-7-12-21-22(13-18)25-15-26-23(21)27-19-8-10-20(11-9-19)30-14-17-5-3-2-4-6-17;1-15(23(27)28)16-7-12-20-21(13-16)24-14-25-22(20)26-17-8-10-19(11-9-17)29-18-5-3-2-4-6-18/h2-13,15H,1,14H2,(H,28,29)(H,25,26,27);2-14H,1H2,(H,27,28)(H,24,25,26). The van der Waals surface area contributed by atoms with Gasteiger partial charge in [-0.25, -0.2) is 29.5 Å². The maximum Gasteiger partial charge on any atom is 0.335 e. The van der Waals surface area contributed by atoms with E-state index in [1.807, 2.05) is 109 Å². The van der Waals surface area contributed by atoms with Gasteiger partial charge in [0.25, 0.3) is 0 Å². The molecule has 4 N–H and O–H groups in total. The largest absolute Gasteiger partial charge is 0.489 e. The number of anilines is 4. The molecule has 59 heavy (non-hydrogen) atoms. The summed E-state index contributed by atoms with van der Waals surface area (Å²) in [5, 5.41) is 26.3. The Bertz CT molecular complexity index is 2780. The summed E-state index contributed by atoms with van der Waals surface area (Å²) in [7, 11) is 0. The van der Waals surface area contributed by atoms with Crippen molar-refractivity contribution in [3.8, 4) is 17.2 Å². The molecule has 0 aliphatic rings. The highest BCUT2D eigenvalue weighted by molar-refractivity contribution is 6.16. The third-order valence-corrected chi connectivity index (χ3v) is 8.95. The molecule has 0 bridgehead atoms. The molecule has 0 saturated carbocycles. The number of benzene rings is 6. The number of hydrogen-bond donors (Lipinski definition) is 4. The van der Waals surface area contributed by atoms with Crippen LogP contribution in [0, 0.1) is 0 Å². The van der Waals surface area contributed by atoms with Gasteiger partial charge >= 0.3 is 11.9 Å². The van der Waals surface area contributed by atoms with Crippen molar-refractivity contribution in [3.63, 3.8) is 0 Å². The van der Waals surface area contributed by atoms with Gasteiger partial charge in [-0.2, -0.15) is 0 Å². The monoisotopic (exact) mass is 780 g/mol. The number of carboxylic acids is 2. The number of fused-ring (bicyclic) bond motifs is 2. The highest BCUT2D eigenvalue weighted by Crippen LogP contribution is 2.29. The molecule has 0 spiro atoms. The van der Waals surface area contributed by atoms with Crippen LogP contribution >= 0.6 is 0 Å². The number of hydrogen-bond acceptors (Lipinski definition) is 10. The lowest BCUT2D eigenvalue weighted by molar-refractivity contribution is -0.131. The maximum atomic E-state index is 11.1. The first-order valence-electron chi connectivity index (χ1n) is 18.2. The Kier molecular flexibility index (Phi) is 11.9. The van der Waals surface area contributed by atoms with E-state index in [1.54, 1.807) is 36.4 Å². The fourth-order valence-electron chi connectivity index (χ4n) is 5.82. The number of nitrogens with zero attached hydrogens (tertiary/aromatic N) is 4. The Morgan fingerprint density at radius 1 is 0.525 bits per heavy atom. The molecular weight excluding hydrogens is 745 g/mol. The molecule has 12 nitrogen and oxygen atoms in total. The van der Waals surface area contributed by atoms with Crippen molar-refractivity contribution in [2.24, 2.45) is 0 Å². The molecule has 0 amide bonds. The van der Waals surface area contributed by atoms with Crippen LogP contribution in [-0.4, -0.2) is 42.1 Å². The van der Waals surface area contributed by atoms with E-state index >= 15 is 0 Å². The molecule has 8 rings (SSSR count). The molecule has 290 valence electrons. The van der Waals surface area contributed by atoms with E-state index < -0.39 is 11.9 Å². The molecule has 12 heteroatoms. The molecule has 2 aromatic heterocycles. The molecule has 6 aromatic carbocycles. The Morgan fingerprint density at radius 2 is 0.966 bits per heavy atom. The van der Waals surface area contributed by atoms with Gasteiger partial charge in [0.1, 0.15) is 48.1 Å². The quantitative estimate of drug-likeness (QED) is 0.0818. The van der Waals surface area contributed by atoms with Crippen LogP contribution in [0.25, 0.3) is 33.0 Å². The van der Waals surface area contributed by atoms with E-state index in [0.717, 1.165) is 45.0 Å². The Labute approximate surface area is 338 Å². The van der Waals surface area contributed by atoms with Crippen LogP contribution in [0.1, 0.15) is 16.7 Å². The highest BCUT2D eigenvalue weighted by Gasteiger charge is 2.12. The molecule has 0 fully saturated rings. The van der Waals surface area contributed by atoms with E-state index in [1.165, 1.54) is 12.7 Å². The fraction of sp³-hybridized carbons (Fsp3) is 0.0213. The third-order valence-electron chi connectivity index (χ3n) is 8.95. The first-order valence-corrected chi connectivity index (χ1v) is 18.2. The van der Waals surface area contributed by atoms with Crippen LogP contribution in [0.5, 0.6) is 17.2 Å². The number of para-hydroxylation sites is 1. The molecular formula is C47H36N6O6. The molecule has 0 aliphatic heterocycles. The van der Waals surface area contributed by atoms with E-state index in [2.05, 4.69) is 43.7 Å². The SMILES string of the molecule is C=C(C(=O)O)c1ccc2c(Nc3ccc(OCc4ccccc4)cc3)ncnc2c1.C=C(C(=O)O)c1ccc2c(Nc3ccc(Oc4ccccc4)cc3)ncnc2c1. The van der Waals surface area contributed by atoms with Gasteiger partial charge in [0.15, 0.2) is 0 Å². The predicted molar refractivity (Wildman–Crippen MR) is 229 cm³/mol. The molecule has 0 radical (unpaired) electrons. The van der Waals surface area contributed by atoms with E-state index in [-0.39, 0.29) is 11.1 Å². The number of aliphatic carboxylic acids is 2. The lowest BCUT2D eigenvalue weighted by Crippen LogP contribution is -2.00. The third kappa shape index (κ3) is 9.90. The number of ether oxygens (including phenoxy) is 2. The van der Waals surface area contributed by atoms with Crippen molar-refractivity contribution in [1.29, 1.82) is 0 Å². The summed E-state index contributed by atoms with van der Waals surface area (Å²) >= 11 is 0. The average Bonchev–Trinajstić information content (AvgIpc) is 3.27. The van der Waals surface area contributed by atoms with Gasteiger partial charge < -0.3 is 30.3 Å². The van der Waals surface area contributed by atoms with E-state index in [9.17, 15) is 9.59 Å². The second kappa shape index (κ2) is 18.0. The smallest absolute Gasteiger partial charge is 0.335 e. The van der Waals surface area contributed by atoms with Crippen molar-refractivity contribution in [3.05, 3.63) is 188 Å². The normalized spacial score (nSPS) is 10.5. The number of aromatic nitrogens is 4. The Balaban J connectivity index is 0.000000179. The van der Waals surface area contributed by atoms with Crippen LogP contribution in [0.3, 0.4) is 0 Å². The van der Waals surface area contributed by atoms with Gasteiger partial charge in [0, 0.05) is 22.1 Å². The predicted octanol–water partition coefficient (Wildman–Crippen LogP) is 10.3. The van der Waals surface area contributed by atoms with Crippen molar-refractivity contribution in [2.75, 3.05) is 10.6 Å². The van der Waals surface area contributed by atoms with Crippen LogP contribution < -0.4 is 20.1 Å². The van der Waals surface area contributed by atoms with Crippen LogP contribution in [0.4, 0.5) is 23.0 Å². The maximum absolute atomic E-state index is 11.1. The molecule has 0 unspecified atom stereocenters. The number of carbonyl (C=O) groups is 2. The summed E-state index contributed by atoms with van der Waals surface area (Å²) < 4.78 is 11.6. The molecule has 0 saturated heterocycles. The van der Waals surface area contributed by atoms with Gasteiger partial charge in [-0.1, -0.05) is 73.8 Å². The first-order chi connectivity index (χ1) is 28.7. The van der Waals surface area contributed by atoms with Crippen molar-refractivity contribution >= 4 is 67.9 Å². The lowest BCUT2D eigenvalue weighted by Gasteiger charge is -2.11. The summed E-state index contributed by atoms with van der Waals surface area (Å²) in [4.78, 5) is 39.4. The minimum absolute atomic E-state index is 0.0222. The Hall–Kier alpha value is -8.38. The second-order valence-electron chi connectivity index (χ2n) is 13.0. The van der Waals surface area contributed by atoms with Crippen LogP contribution in [0.15, 0.2) is 171 Å². The summed E-state index contributed by atoms with van der Waals surface area (Å²) in [6, 6.07) is 45.1. The van der Waals surface area contributed by atoms with Gasteiger partial charge in [0.05, 0.1) is 22.2 Å². The average molecular weight is 781 g/mol. The molecule has 0 aliphatic carbocycles. The lowest BCUT2D eigenvalue weighted by atomic mass is 10.1. The summed E-state index contributed by atoms with van der Waals surface area (Å²) in [5.41, 5.74) is 5.13. The molecule has 8 aromatic rings. The first kappa shape index (κ1) is 38.9. The fourth-order valence-corrected chi connectivity index (χ4v) is 5.82. The zero-order chi connectivity index (χ0) is 41.1. The number of rotatable bonds is 13. The van der Waals surface area contributed by atoms with Crippen LogP contribution in [0.2, 0.25) is 0 Å². The van der Waals surface area contributed by atoms with E-state index in [4.69, 9.17) is 19.7 Å². The van der Waals surface area contributed by atoms with Crippen LogP contribution in [-0.2, 0) is 16.2 Å². The van der Waals surface area contributed by atoms with Crippen molar-refractivity contribution < 1.29 is 29.3 Å². The second-order valence-corrected chi connectivity index (χ2v) is 13.0. The summed E-state index contributed by atoms with van der Waals surface area (Å²) in [5.74, 6) is 1.41. The molecule has 2 heterocycles. The summed E-state index contributed by atoms with van der Waals surface area (Å²) in [6.45, 7) is 7.69. The van der Waals surface area contributed by atoms with Crippen molar-refractivity contribution in [1.82, 2.24) is 19.9 Å². The minimum Gasteiger partial charge on any atom is -0.489 e. The zero-order valence-electron chi connectivity index (χ0n) is 31.4. The summed E-state index contributed by atoms with van der Waals surface area (Å²) in [6.07, 6.45) is 2.88. The topological polar surface area (TPSA) is 169 Å². The van der Waals surface area contributed by atoms with E-state index in [0.29, 0.717) is 40.4 Å². The zero-order valence-corrected chi connectivity index (χ0v) is 31.4. The van der Waals surface area contributed by atoms with Gasteiger partial charge in [-0.15, -0.1) is 0 Å². The van der Waals surface area contributed by atoms with Crippen molar-refractivity contribution in [2.45, 2.75) is 6.61 Å². The van der Waals surface area contributed by atoms with Gasteiger partial charge in [-0.05, 0) is 102 Å². The highest BCUT2D eigenvalue weighted by atomic mass is 16.5. The number of carboxylic acid groups (broad SMARTS) is 2. The molecule has 0 atom stereocenters. The van der Waals surface area contributed by atoms with Gasteiger partial charge in [0.2, 0.25) is 0 Å². The minimum atomic E-state index is -1.06. The van der Waals surface area contributed by atoms with Gasteiger partial charge in [-0.3, -0.25) is 0 Å².